The van der Waals surface area contributed by atoms with Crippen LogP contribution in [0.3, 0.4) is 0 Å². The van der Waals surface area contributed by atoms with Gasteiger partial charge in [0.05, 0.1) is 12.1 Å². The van der Waals surface area contributed by atoms with Crippen LogP contribution in [0.25, 0.3) is 0 Å². The van der Waals surface area contributed by atoms with Gasteiger partial charge in [-0.2, -0.15) is 0 Å². The van der Waals surface area contributed by atoms with E-state index in [9.17, 15) is 9.18 Å². The minimum Gasteiger partial charge on any atom is -0.338 e. The lowest BCUT2D eigenvalue weighted by Gasteiger charge is -2.17. The average Bonchev–Trinajstić information content (AvgIpc) is 2.93. The van der Waals surface area contributed by atoms with E-state index < -0.39 is 5.82 Å². The molecule has 0 spiro atoms. The van der Waals surface area contributed by atoms with Crippen molar-refractivity contribution < 1.29 is 9.18 Å². The van der Waals surface area contributed by atoms with Gasteiger partial charge in [-0.3, -0.25) is 4.79 Å². The van der Waals surface area contributed by atoms with Gasteiger partial charge in [-0.25, -0.2) is 4.39 Å². The monoisotopic (exact) mass is 288 g/mol. The highest BCUT2D eigenvalue weighted by molar-refractivity contribution is 5.97. The smallest absolute Gasteiger partial charge is 0.255 e. The fourth-order valence-electron chi connectivity index (χ4n) is 2.78. The van der Waals surface area contributed by atoms with Gasteiger partial charge in [-0.15, -0.1) is 0 Å². The van der Waals surface area contributed by atoms with Crippen molar-refractivity contribution in [3.8, 4) is 11.8 Å². The second kappa shape index (κ2) is 7.24. The second-order valence-electron chi connectivity index (χ2n) is 5.39. The van der Waals surface area contributed by atoms with Crippen molar-refractivity contribution in [2.45, 2.75) is 26.2 Å². The zero-order valence-electron chi connectivity index (χ0n) is 12.4. The molecule has 1 aromatic carbocycles. The summed E-state index contributed by atoms with van der Waals surface area (Å²) in [5.74, 6) is 5.61. The van der Waals surface area contributed by atoms with Crippen LogP contribution in [0.5, 0.6) is 0 Å². The first-order valence-corrected chi connectivity index (χ1v) is 7.43. The lowest BCUT2D eigenvalue weighted by atomic mass is 10.0. The Morgan fingerprint density at radius 3 is 3.05 bits per heavy atom. The molecular weight excluding hydrogens is 267 g/mol. The van der Waals surface area contributed by atoms with Crippen molar-refractivity contribution in [3.63, 3.8) is 0 Å². The van der Waals surface area contributed by atoms with Crippen molar-refractivity contribution in [1.29, 1.82) is 0 Å². The Morgan fingerprint density at radius 1 is 1.52 bits per heavy atom. The molecule has 1 atom stereocenters. The quantitative estimate of drug-likeness (QED) is 0.868. The third-order valence-corrected chi connectivity index (χ3v) is 3.81. The van der Waals surface area contributed by atoms with Crippen molar-refractivity contribution >= 4 is 5.91 Å². The molecule has 4 heteroatoms. The van der Waals surface area contributed by atoms with E-state index in [0.29, 0.717) is 17.0 Å². The number of likely N-dealkylation sites (tertiary alicyclic amines) is 1. The zero-order chi connectivity index (χ0) is 15.2. The highest BCUT2D eigenvalue weighted by atomic mass is 19.1. The van der Waals surface area contributed by atoms with E-state index in [4.69, 9.17) is 5.73 Å². The van der Waals surface area contributed by atoms with Crippen LogP contribution < -0.4 is 5.73 Å². The molecule has 112 valence electrons. The molecule has 0 saturated carbocycles. The Hall–Kier alpha value is -1.86. The van der Waals surface area contributed by atoms with E-state index in [1.54, 1.807) is 0 Å². The molecule has 0 aromatic heterocycles. The molecule has 0 aliphatic carbocycles. The van der Waals surface area contributed by atoms with E-state index >= 15 is 0 Å². The number of nitrogens with two attached hydrogens (primary N) is 1. The third kappa shape index (κ3) is 3.83. The summed E-state index contributed by atoms with van der Waals surface area (Å²) in [4.78, 5) is 14.4. The van der Waals surface area contributed by atoms with Gasteiger partial charge in [0.1, 0.15) is 5.82 Å². The van der Waals surface area contributed by atoms with Crippen molar-refractivity contribution in [2.24, 2.45) is 11.7 Å². The number of carbonyl (C=O) groups excluding carboxylic acids is 1. The molecule has 0 radical (unpaired) electrons. The van der Waals surface area contributed by atoms with Gasteiger partial charge in [0.15, 0.2) is 0 Å². The molecule has 1 amide bonds. The van der Waals surface area contributed by atoms with Gasteiger partial charge in [-0.1, -0.05) is 25.2 Å². The fourth-order valence-corrected chi connectivity index (χ4v) is 2.78. The predicted octanol–water partition coefficient (Wildman–Crippen LogP) is 2.40. The maximum absolute atomic E-state index is 13.4. The number of amides is 1. The number of halogens is 1. The molecule has 1 fully saturated rings. The SMILES string of the molecule is CCCC1CCN(C(=O)c2ccc(F)cc2C#CCN)C1. The molecule has 0 bridgehead atoms. The summed E-state index contributed by atoms with van der Waals surface area (Å²) in [5.41, 5.74) is 6.24. The van der Waals surface area contributed by atoms with Gasteiger partial charge < -0.3 is 10.6 Å². The molecule has 1 heterocycles. The van der Waals surface area contributed by atoms with Crippen LogP contribution in [0.1, 0.15) is 42.1 Å². The van der Waals surface area contributed by atoms with E-state index in [2.05, 4.69) is 18.8 Å². The summed E-state index contributed by atoms with van der Waals surface area (Å²) >= 11 is 0. The van der Waals surface area contributed by atoms with E-state index in [-0.39, 0.29) is 12.5 Å². The third-order valence-electron chi connectivity index (χ3n) is 3.81. The van der Waals surface area contributed by atoms with Gasteiger partial charge >= 0.3 is 0 Å². The van der Waals surface area contributed by atoms with E-state index in [0.717, 1.165) is 32.4 Å². The summed E-state index contributed by atoms with van der Waals surface area (Å²) in [6.07, 6.45) is 3.33. The van der Waals surface area contributed by atoms with Crippen molar-refractivity contribution in [3.05, 3.63) is 35.1 Å². The number of hydrogen-bond donors (Lipinski definition) is 1. The summed E-state index contributed by atoms with van der Waals surface area (Å²) in [6.45, 7) is 3.90. The molecule has 1 saturated heterocycles. The molecule has 1 aliphatic heterocycles. The Balaban J connectivity index is 2.19. The van der Waals surface area contributed by atoms with E-state index in [1.807, 2.05) is 4.90 Å². The molecule has 1 unspecified atom stereocenters. The number of rotatable bonds is 3. The lowest BCUT2D eigenvalue weighted by Crippen LogP contribution is -2.29. The standard InChI is InChI=1S/C17H21FN2O/c1-2-4-13-8-10-20(12-13)17(21)16-7-6-15(18)11-14(16)5-3-9-19/h6-7,11,13H,2,4,8-10,12,19H2,1H3. The van der Waals surface area contributed by atoms with Gasteiger partial charge in [0, 0.05) is 18.7 Å². The predicted molar refractivity (Wildman–Crippen MR) is 81.3 cm³/mol. The van der Waals surface area contributed by atoms with Crippen LogP contribution in [-0.2, 0) is 0 Å². The number of nitrogens with zero attached hydrogens (tertiary/aromatic N) is 1. The minimum absolute atomic E-state index is 0.0603. The average molecular weight is 288 g/mol. The normalized spacial score (nSPS) is 17.5. The lowest BCUT2D eigenvalue weighted by molar-refractivity contribution is 0.0786. The molecule has 2 N–H and O–H groups in total. The van der Waals surface area contributed by atoms with Gasteiger partial charge in [0.2, 0.25) is 0 Å². The van der Waals surface area contributed by atoms with Crippen LogP contribution >= 0.6 is 0 Å². The summed E-state index contributed by atoms with van der Waals surface area (Å²) in [7, 11) is 0. The van der Waals surface area contributed by atoms with E-state index in [1.165, 1.54) is 18.2 Å². The molecule has 3 nitrogen and oxygen atoms in total. The summed E-state index contributed by atoms with van der Waals surface area (Å²) in [5, 5.41) is 0. The first-order valence-electron chi connectivity index (χ1n) is 7.43. The number of hydrogen-bond acceptors (Lipinski definition) is 2. The minimum atomic E-state index is -0.391. The topological polar surface area (TPSA) is 46.3 Å². The molecule has 1 aromatic rings. The van der Waals surface area contributed by atoms with Gasteiger partial charge in [0.25, 0.3) is 5.91 Å². The second-order valence-corrected chi connectivity index (χ2v) is 5.39. The highest BCUT2D eigenvalue weighted by Crippen LogP contribution is 2.23. The maximum atomic E-state index is 13.4. The van der Waals surface area contributed by atoms with Crippen LogP contribution in [0.4, 0.5) is 4.39 Å². The number of carbonyl (C=O) groups is 1. The Labute approximate surface area is 125 Å². The molecule has 1 aliphatic rings. The Morgan fingerprint density at radius 2 is 2.33 bits per heavy atom. The number of benzene rings is 1. The summed E-state index contributed by atoms with van der Waals surface area (Å²) < 4.78 is 13.4. The molecule has 21 heavy (non-hydrogen) atoms. The maximum Gasteiger partial charge on any atom is 0.255 e. The van der Waals surface area contributed by atoms with Crippen LogP contribution in [0, 0.1) is 23.6 Å². The van der Waals surface area contributed by atoms with Gasteiger partial charge in [-0.05, 0) is 37.0 Å². The Kier molecular flexibility index (Phi) is 5.35. The first kappa shape index (κ1) is 15.5. The Bertz CT molecular complexity index is 574. The van der Waals surface area contributed by atoms with Crippen molar-refractivity contribution in [1.82, 2.24) is 4.90 Å². The fraction of sp³-hybridized carbons (Fsp3) is 0.471. The highest BCUT2D eigenvalue weighted by Gasteiger charge is 2.27. The van der Waals surface area contributed by atoms with Crippen LogP contribution in [0.2, 0.25) is 0 Å². The summed E-state index contributed by atoms with van der Waals surface area (Å²) in [6, 6.07) is 4.13. The molecule has 2 rings (SSSR count). The zero-order valence-corrected chi connectivity index (χ0v) is 12.4. The van der Waals surface area contributed by atoms with Crippen LogP contribution in [-0.4, -0.2) is 30.4 Å². The van der Waals surface area contributed by atoms with Crippen molar-refractivity contribution in [2.75, 3.05) is 19.6 Å². The first-order chi connectivity index (χ1) is 10.2. The van der Waals surface area contributed by atoms with Crippen LogP contribution in [0.15, 0.2) is 18.2 Å². The largest absolute Gasteiger partial charge is 0.338 e. The molecular formula is C17H21FN2O.